The summed E-state index contributed by atoms with van der Waals surface area (Å²) in [4.78, 5) is 19.1. The van der Waals surface area contributed by atoms with Gasteiger partial charge in [0.2, 0.25) is 0 Å². The van der Waals surface area contributed by atoms with Crippen LogP contribution in [0.15, 0.2) is 73.1 Å². The molecule has 4 aromatic rings. The molecule has 4 nitrogen and oxygen atoms in total. The van der Waals surface area contributed by atoms with Gasteiger partial charge in [-0.05, 0) is 45.0 Å². The van der Waals surface area contributed by atoms with Crippen LogP contribution in [0.2, 0.25) is 0 Å². The van der Waals surface area contributed by atoms with Gasteiger partial charge in [-0.1, -0.05) is 57.2 Å². The summed E-state index contributed by atoms with van der Waals surface area (Å²) in [5.41, 5.74) is 1.82. The average molecular weight is 609 g/mol. The predicted octanol–water partition coefficient (Wildman–Crippen LogP) is 3.00. The molecule has 34 heavy (non-hydrogen) atoms. The molecule has 4 rings (SSSR count). The van der Waals surface area contributed by atoms with Gasteiger partial charge >= 0.3 is 20.4 Å². The fraction of sp³-hybridized carbons (Fsp3) is 0.308. The van der Waals surface area contributed by atoms with Gasteiger partial charge in [-0.2, -0.15) is 0 Å². The van der Waals surface area contributed by atoms with E-state index in [1.165, 1.54) is 0 Å². The summed E-state index contributed by atoms with van der Waals surface area (Å²) in [5, 5.41) is 3.81. The van der Waals surface area contributed by atoms with Crippen LogP contribution in [-0.4, -0.2) is 25.2 Å². The molecule has 0 aliphatic rings. The van der Waals surface area contributed by atoms with Crippen molar-refractivity contribution in [3.05, 3.63) is 73.1 Å². The number of benzene rings is 2. The van der Waals surface area contributed by atoms with Crippen molar-refractivity contribution >= 4 is 48.4 Å². The van der Waals surface area contributed by atoms with Gasteiger partial charge in [0.15, 0.2) is 8.15 Å². The normalized spacial score (nSPS) is 13.1. The van der Waals surface area contributed by atoms with Crippen LogP contribution in [-0.2, 0) is 25.0 Å². The van der Waals surface area contributed by atoms with E-state index >= 15 is 0 Å². The van der Waals surface area contributed by atoms with Gasteiger partial charge in [0, 0.05) is 33.6 Å². The Morgan fingerprint density at radius 2 is 1.24 bits per heavy atom. The Kier molecular flexibility index (Phi) is 11.5. The average Bonchev–Trinajstić information content (AvgIpc) is 2.76. The SMILES string of the molecule is CC(C)(C)[P@@H](=O)c1cccc2cccnc12.CC(C)(C)[PH+](O)c1cccc2cccnc12.[Cl-].[Pd+2]. The van der Waals surface area contributed by atoms with E-state index in [-0.39, 0.29) is 43.1 Å². The minimum atomic E-state index is -1.82. The van der Waals surface area contributed by atoms with Gasteiger partial charge in [0.1, 0.15) is 23.8 Å². The number of rotatable bonds is 2. The molecule has 2 heterocycles. The molecule has 184 valence electrons. The maximum absolute atomic E-state index is 12.4. The van der Waals surface area contributed by atoms with Gasteiger partial charge in [-0.3, -0.25) is 9.97 Å². The van der Waals surface area contributed by atoms with Crippen molar-refractivity contribution < 1.29 is 42.3 Å². The molecule has 2 atom stereocenters. The first-order valence-corrected chi connectivity index (χ1v) is 13.6. The van der Waals surface area contributed by atoms with E-state index in [1.807, 2.05) is 81.4 Å². The second-order valence-electron chi connectivity index (χ2n) is 9.94. The number of pyridine rings is 2. The Balaban J connectivity index is 0.000000321. The van der Waals surface area contributed by atoms with Crippen LogP contribution in [0, 0.1) is 0 Å². The molecule has 2 aromatic heterocycles. The third kappa shape index (κ3) is 7.42. The Labute approximate surface area is 224 Å². The number of hydrogen-bond donors (Lipinski definition) is 1. The van der Waals surface area contributed by atoms with Crippen molar-refractivity contribution in [3.63, 3.8) is 0 Å². The van der Waals surface area contributed by atoms with Gasteiger partial charge in [0.05, 0.1) is 5.52 Å². The molecule has 8 heteroatoms. The van der Waals surface area contributed by atoms with Crippen molar-refractivity contribution in [1.29, 1.82) is 0 Å². The monoisotopic (exact) mass is 608 g/mol. The molecule has 0 aliphatic heterocycles. The first-order chi connectivity index (χ1) is 15.0. The van der Waals surface area contributed by atoms with Crippen molar-refractivity contribution in [3.8, 4) is 0 Å². The molecular weight excluding hydrogens is 576 g/mol. The third-order valence-electron chi connectivity index (χ3n) is 5.16. The Bertz CT molecular complexity index is 1250. The number of fused-ring (bicyclic) bond motifs is 2. The molecule has 0 aliphatic carbocycles. The molecular formula is C26H33ClN2O2P2Pd+2. The Morgan fingerprint density at radius 3 is 1.76 bits per heavy atom. The number of nitrogens with zero attached hydrogens (tertiary/aromatic N) is 2. The number of halogens is 1. The van der Waals surface area contributed by atoms with Crippen LogP contribution in [0.4, 0.5) is 0 Å². The Morgan fingerprint density at radius 1 is 0.765 bits per heavy atom. The summed E-state index contributed by atoms with van der Waals surface area (Å²) < 4.78 is 12.4. The number of hydrogen-bond acceptors (Lipinski definition) is 4. The molecule has 0 radical (unpaired) electrons. The molecule has 0 saturated carbocycles. The first kappa shape index (κ1) is 30.9. The molecule has 0 saturated heterocycles. The van der Waals surface area contributed by atoms with E-state index in [0.717, 1.165) is 32.4 Å². The molecule has 2 aromatic carbocycles. The molecule has 0 amide bonds. The van der Waals surface area contributed by atoms with Gasteiger partial charge < -0.3 is 17.0 Å². The zero-order valence-corrected chi connectivity index (χ0v) is 24.7. The summed E-state index contributed by atoms with van der Waals surface area (Å²) in [7, 11) is -3.39. The predicted molar refractivity (Wildman–Crippen MR) is 142 cm³/mol. The van der Waals surface area contributed by atoms with Crippen LogP contribution in [0.1, 0.15) is 41.5 Å². The zero-order valence-electron chi connectivity index (χ0n) is 20.4. The second kappa shape index (κ2) is 12.7. The summed E-state index contributed by atoms with van der Waals surface area (Å²) in [6, 6.07) is 19.8. The van der Waals surface area contributed by atoms with Crippen LogP contribution in [0.5, 0.6) is 0 Å². The van der Waals surface area contributed by atoms with Crippen molar-refractivity contribution in [2.24, 2.45) is 0 Å². The van der Waals surface area contributed by atoms with Crippen LogP contribution < -0.4 is 23.0 Å². The van der Waals surface area contributed by atoms with Gasteiger partial charge in [0.25, 0.3) is 0 Å². The van der Waals surface area contributed by atoms with E-state index in [1.54, 1.807) is 12.4 Å². The quantitative estimate of drug-likeness (QED) is 0.281. The largest absolute Gasteiger partial charge is 2.00 e. The maximum Gasteiger partial charge on any atom is 2.00 e. The summed E-state index contributed by atoms with van der Waals surface area (Å²) in [6.07, 6.45) is 3.54. The fourth-order valence-electron chi connectivity index (χ4n) is 3.39. The van der Waals surface area contributed by atoms with Gasteiger partial charge in [-0.15, -0.1) is 0 Å². The maximum atomic E-state index is 12.4. The number of aromatic nitrogens is 2. The molecule has 0 spiro atoms. The van der Waals surface area contributed by atoms with Crippen LogP contribution >= 0.6 is 15.9 Å². The molecule has 0 bridgehead atoms. The minimum Gasteiger partial charge on any atom is -1.00 e. The zero-order chi connectivity index (χ0) is 23.5. The van der Waals surface area contributed by atoms with Gasteiger partial charge in [-0.25, -0.2) is 4.89 Å². The van der Waals surface area contributed by atoms with Crippen molar-refractivity contribution in [1.82, 2.24) is 9.97 Å². The fourth-order valence-corrected chi connectivity index (χ4v) is 6.37. The summed E-state index contributed by atoms with van der Waals surface area (Å²) in [6.45, 7) is 12.2. The van der Waals surface area contributed by atoms with E-state index in [0.29, 0.717) is 0 Å². The second-order valence-corrected chi connectivity index (χ2v) is 15.4. The van der Waals surface area contributed by atoms with Crippen LogP contribution in [0.3, 0.4) is 0 Å². The summed E-state index contributed by atoms with van der Waals surface area (Å²) >= 11 is 0. The smallest absolute Gasteiger partial charge is 1.00 e. The molecule has 1 unspecified atom stereocenters. The van der Waals surface area contributed by atoms with E-state index in [2.05, 4.69) is 30.7 Å². The minimum absolute atomic E-state index is 0. The van der Waals surface area contributed by atoms with Crippen LogP contribution in [0.25, 0.3) is 21.8 Å². The summed E-state index contributed by atoms with van der Waals surface area (Å²) in [5.74, 6) is 0. The topological polar surface area (TPSA) is 63.1 Å². The van der Waals surface area contributed by atoms with E-state index < -0.39 is 15.9 Å². The third-order valence-corrected chi connectivity index (χ3v) is 9.75. The molecule has 0 fully saturated rings. The number of para-hydroxylation sites is 2. The van der Waals surface area contributed by atoms with Crippen molar-refractivity contribution in [2.45, 2.75) is 51.9 Å². The van der Waals surface area contributed by atoms with E-state index in [9.17, 15) is 9.46 Å². The van der Waals surface area contributed by atoms with E-state index in [4.69, 9.17) is 0 Å². The first-order valence-electron chi connectivity index (χ1n) is 10.8. The van der Waals surface area contributed by atoms with Crippen molar-refractivity contribution in [2.75, 3.05) is 0 Å². The standard InChI is InChI=1S/2C13H16NOP.ClH.Pd/c2*1-13(2,3)16(15)11-8-4-6-10-7-5-9-14-12(10)11;;/h4-9,16H,1-3H3;4-9,15H,1-3H3;1H;/q;;;+2. The molecule has 1 N–H and O–H groups in total. The Hall–Kier alpha value is -1.17.